The van der Waals surface area contributed by atoms with Crippen LogP contribution in [0.15, 0.2) is 12.1 Å². The van der Waals surface area contributed by atoms with E-state index >= 15 is 0 Å². The number of hydrogen-bond donors (Lipinski definition) is 1. The number of rotatable bonds is 4. The molecule has 2 aromatic carbocycles. The largest absolute Gasteiger partial charge is 0.633 e. The van der Waals surface area contributed by atoms with Crippen molar-refractivity contribution >= 4 is 0 Å². The van der Waals surface area contributed by atoms with Gasteiger partial charge in [0, 0.05) is 29.5 Å². The van der Waals surface area contributed by atoms with Crippen LogP contribution >= 0.6 is 0 Å². The Morgan fingerprint density at radius 2 is 1.64 bits per heavy atom. The quantitative estimate of drug-likeness (QED) is 0.641. The SMILES string of the molecule is COc1cc2c(cc1OC)-c1c(O)c(OC)c(OC)c3c1[C@@H](C2)[N@@+](C)([O-])CC3. The Balaban J connectivity index is 2.11. The van der Waals surface area contributed by atoms with Crippen molar-refractivity contribution in [3.05, 3.63) is 34.0 Å². The number of nitrogens with zero attached hydrogens (tertiary/aromatic N) is 1. The van der Waals surface area contributed by atoms with Crippen LogP contribution in [0.5, 0.6) is 28.7 Å². The summed E-state index contributed by atoms with van der Waals surface area (Å²) < 4.78 is 21.6. The van der Waals surface area contributed by atoms with E-state index in [4.69, 9.17) is 18.9 Å². The van der Waals surface area contributed by atoms with Gasteiger partial charge in [-0.1, -0.05) is 0 Å². The highest BCUT2D eigenvalue weighted by Crippen LogP contribution is 2.58. The van der Waals surface area contributed by atoms with Gasteiger partial charge in [-0.15, -0.1) is 0 Å². The first-order valence-corrected chi connectivity index (χ1v) is 9.19. The normalized spacial score (nSPS) is 22.1. The first-order chi connectivity index (χ1) is 13.4. The number of benzene rings is 2. The molecule has 1 N–H and O–H groups in total. The van der Waals surface area contributed by atoms with Crippen LogP contribution in [0, 0.1) is 5.21 Å². The molecule has 1 aliphatic carbocycles. The van der Waals surface area contributed by atoms with E-state index in [1.54, 1.807) is 28.4 Å². The van der Waals surface area contributed by atoms with Crippen LogP contribution < -0.4 is 18.9 Å². The molecule has 0 amide bonds. The average molecular weight is 387 g/mol. The standard InChI is InChI=1S/C21H25NO6/c1-22(24)7-6-12-17-14(22)8-11-9-15(25-2)16(26-3)10-13(11)18(17)19(23)21(28-5)20(12)27-4/h9-10,14,23H,6-8H2,1-5H3/t14-,22+/m1/s1. The zero-order chi connectivity index (χ0) is 20.2. The van der Waals surface area contributed by atoms with Gasteiger partial charge in [-0.3, -0.25) is 0 Å². The van der Waals surface area contributed by atoms with Crippen LogP contribution in [-0.4, -0.2) is 51.8 Å². The summed E-state index contributed by atoms with van der Waals surface area (Å²) in [6.07, 6.45) is 1.10. The van der Waals surface area contributed by atoms with E-state index < -0.39 is 4.65 Å². The van der Waals surface area contributed by atoms with Crippen molar-refractivity contribution in [2.45, 2.75) is 18.9 Å². The van der Waals surface area contributed by atoms with E-state index in [0.29, 0.717) is 47.9 Å². The van der Waals surface area contributed by atoms with E-state index in [9.17, 15) is 10.3 Å². The summed E-state index contributed by atoms with van der Waals surface area (Å²) in [4.78, 5) is 0. The lowest BCUT2D eigenvalue weighted by Crippen LogP contribution is -2.48. The van der Waals surface area contributed by atoms with E-state index in [2.05, 4.69) is 0 Å². The number of phenols is 1. The number of hydroxylamine groups is 3. The van der Waals surface area contributed by atoms with Crippen molar-refractivity contribution in [2.75, 3.05) is 42.0 Å². The van der Waals surface area contributed by atoms with Crippen LogP contribution in [0.25, 0.3) is 11.1 Å². The number of ether oxygens (including phenoxy) is 4. The highest BCUT2D eigenvalue weighted by molar-refractivity contribution is 5.86. The number of phenolic OH excluding ortho intramolecular Hbond substituents is 1. The Kier molecular flexibility index (Phi) is 4.32. The number of aromatic hydroxyl groups is 1. The Morgan fingerprint density at radius 3 is 2.25 bits per heavy atom. The smallest absolute Gasteiger partial charge is 0.204 e. The molecule has 0 radical (unpaired) electrons. The summed E-state index contributed by atoms with van der Waals surface area (Å²) in [6.45, 7) is 0.435. The molecule has 28 heavy (non-hydrogen) atoms. The Labute approximate surface area is 164 Å². The Bertz CT molecular complexity index is 953. The van der Waals surface area contributed by atoms with Gasteiger partial charge >= 0.3 is 0 Å². The molecule has 150 valence electrons. The second-order valence-corrected chi connectivity index (χ2v) is 7.41. The Hall–Kier alpha value is -2.64. The van der Waals surface area contributed by atoms with Crippen molar-refractivity contribution in [2.24, 2.45) is 0 Å². The van der Waals surface area contributed by atoms with E-state index in [-0.39, 0.29) is 11.8 Å². The van der Waals surface area contributed by atoms with Gasteiger partial charge in [0.1, 0.15) is 6.04 Å². The minimum atomic E-state index is -0.400. The maximum Gasteiger partial charge on any atom is 0.204 e. The van der Waals surface area contributed by atoms with E-state index in [0.717, 1.165) is 22.3 Å². The molecule has 0 bridgehead atoms. The van der Waals surface area contributed by atoms with Crippen LogP contribution in [0.1, 0.15) is 22.7 Å². The lowest BCUT2D eigenvalue weighted by Gasteiger charge is -2.51. The van der Waals surface area contributed by atoms with Gasteiger partial charge in [0.05, 0.1) is 42.0 Å². The molecule has 0 saturated heterocycles. The maximum atomic E-state index is 13.3. The third-order valence-electron chi connectivity index (χ3n) is 6.03. The minimum Gasteiger partial charge on any atom is -0.633 e. The van der Waals surface area contributed by atoms with Gasteiger partial charge < -0.3 is 33.9 Å². The molecule has 7 nitrogen and oxygen atoms in total. The number of likely N-dealkylation sites (N-methyl/N-ethyl adjacent to an activating group) is 1. The van der Waals surface area contributed by atoms with Crippen LogP contribution in [0.2, 0.25) is 0 Å². The second-order valence-electron chi connectivity index (χ2n) is 7.41. The first kappa shape index (κ1) is 18.7. The average Bonchev–Trinajstić information content (AvgIpc) is 2.69. The lowest BCUT2D eigenvalue weighted by atomic mass is 9.75. The van der Waals surface area contributed by atoms with Crippen molar-refractivity contribution in [1.29, 1.82) is 0 Å². The molecule has 4 rings (SSSR count). The summed E-state index contributed by atoms with van der Waals surface area (Å²) >= 11 is 0. The van der Waals surface area contributed by atoms with Crippen LogP contribution in [0.3, 0.4) is 0 Å². The monoisotopic (exact) mass is 387 g/mol. The number of fused-ring (bicyclic) bond motifs is 2. The van der Waals surface area contributed by atoms with E-state index in [1.807, 2.05) is 12.1 Å². The predicted molar refractivity (Wildman–Crippen MR) is 104 cm³/mol. The number of quaternary nitrogens is 1. The molecule has 0 saturated carbocycles. The highest BCUT2D eigenvalue weighted by atomic mass is 16.5. The third-order valence-corrected chi connectivity index (χ3v) is 6.03. The van der Waals surface area contributed by atoms with Crippen LogP contribution in [0.4, 0.5) is 0 Å². The van der Waals surface area contributed by atoms with Crippen molar-refractivity contribution < 1.29 is 28.7 Å². The van der Waals surface area contributed by atoms with Crippen molar-refractivity contribution in [3.63, 3.8) is 0 Å². The van der Waals surface area contributed by atoms with Crippen LogP contribution in [-0.2, 0) is 12.8 Å². The van der Waals surface area contributed by atoms with Gasteiger partial charge in [-0.25, -0.2) is 0 Å². The molecule has 0 aromatic heterocycles. The molecule has 2 aromatic rings. The summed E-state index contributed by atoms with van der Waals surface area (Å²) in [6, 6.07) is 3.41. The van der Waals surface area contributed by atoms with Crippen molar-refractivity contribution in [1.82, 2.24) is 0 Å². The van der Waals surface area contributed by atoms with Gasteiger partial charge in [-0.2, -0.15) is 0 Å². The van der Waals surface area contributed by atoms with Gasteiger partial charge in [0.2, 0.25) is 5.75 Å². The number of methoxy groups -OCH3 is 4. The van der Waals surface area contributed by atoms with Gasteiger partial charge in [0.25, 0.3) is 0 Å². The fraction of sp³-hybridized carbons (Fsp3) is 0.429. The first-order valence-electron chi connectivity index (χ1n) is 9.19. The molecule has 1 heterocycles. The number of hydrogen-bond acceptors (Lipinski definition) is 6. The second kappa shape index (κ2) is 6.46. The van der Waals surface area contributed by atoms with Gasteiger partial charge in [0.15, 0.2) is 23.0 Å². The summed E-state index contributed by atoms with van der Waals surface area (Å²) in [5.41, 5.74) is 4.17. The molecule has 1 aliphatic heterocycles. The summed E-state index contributed by atoms with van der Waals surface area (Å²) in [5, 5.41) is 24.4. The predicted octanol–water partition coefficient (Wildman–Crippen LogP) is 3.19. The summed E-state index contributed by atoms with van der Waals surface area (Å²) in [7, 11) is 7.91. The zero-order valence-electron chi connectivity index (χ0n) is 16.8. The molecular weight excluding hydrogens is 362 g/mol. The highest BCUT2D eigenvalue weighted by Gasteiger charge is 2.44. The van der Waals surface area contributed by atoms with E-state index in [1.165, 1.54) is 7.11 Å². The third kappa shape index (κ3) is 2.43. The lowest BCUT2D eigenvalue weighted by molar-refractivity contribution is -0.894. The molecule has 0 spiro atoms. The van der Waals surface area contributed by atoms with Crippen molar-refractivity contribution in [3.8, 4) is 39.9 Å². The molecular formula is C21H25NO6. The maximum absolute atomic E-state index is 13.3. The fourth-order valence-corrected chi connectivity index (χ4v) is 4.64. The Morgan fingerprint density at radius 1 is 1.00 bits per heavy atom. The fourth-order valence-electron chi connectivity index (χ4n) is 4.64. The topological polar surface area (TPSA) is 80.2 Å². The molecule has 7 heteroatoms. The summed E-state index contributed by atoms with van der Waals surface area (Å²) in [5.74, 6) is 1.95. The molecule has 2 atom stereocenters. The minimum absolute atomic E-state index is 0.0156. The molecule has 2 aliphatic rings. The van der Waals surface area contributed by atoms with Gasteiger partial charge in [-0.05, 0) is 23.3 Å². The zero-order valence-corrected chi connectivity index (χ0v) is 16.8. The molecule has 0 fully saturated rings. The molecule has 0 unspecified atom stereocenters.